The Morgan fingerprint density at radius 2 is 2.38 bits per heavy atom. The maximum Gasteiger partial charge on any atom is 0.248 e. The molecule has 0 spiro atoms. The molecular weight excluding hydrogens is 164 g/mol. The molecule has 0 aromatic carbocycles. The molecule has 3 nitrogen and oxygen atoms in total. The molecule has 1 fully saturated rings. The number of pyridine rings is 1. The lowest BCUT2D eigenvalue weighted by Gasteiger charge is -2.12. The van der Waals surface area contributed by atoms with E-state index in [-0.39, 0.29) is 11.6 Å². The van der Waals surface area contributed by atoms with Gasteiger partial charge in [-0.1, -0.05) is 0 Å². The van der Waals surface area contributed by atoms with Gasteiger partial charge in [0.15, 0.2) is 0 Å². The zero-order chi connectivity index (χ0) is 9.26. The topological polar surface area (TPSA) is 44.9 Å². The molecule has 0 saturated heterocycles. The Balaban J connectivity index is 2.09. The molecule has 70 valence electrons. The SMILES string of the molecule is CC(NC1CC1)c1cc[nH]c(=O)c1. The highest BCUT2D eigenvalue weighted by Gasteiger charge is 2.23. The van der Waals surface area contributed by atoms with Crippen molar-refractivity contribution in [2.75, 3.05) is 0 Å². The van der Waals surface area contributed by atoms with Gasteiger partial charge in [0, 0.05) is 24.3 Å². The maximum atomic E-state index is 11.0. The highest BCUT2D eigenvalue weighted by molar-refractivity contribution is 5.14. The number of rotatable bonds is 3. The molecule has 3 heteroatoms. The van der Waals surface area contributed by atoms with E-state index in [1.165, 1.54) is 12.8 Å². The van der Waals surface area contributed by atoms with Crippen molar-refractivity contribution in [3.05, 3.63) is 34.2 Å². The van der Waals surface area contributed by atoms with Gasteiger partial charge in [-0.15, -0.1) is 0 Å². The fourth-order valence-electron chi connectivity index (χ4n) is 1.43. The lowest BCUT2D eigenvalue weighted by Crippen LogP contribution is -2.22. The number of aromatic nitrogens is 1. The van der Waals surface area contributed by atoms with Gasteiger partial charge in [-0.05, 0) is 31.4 Å². The summed E-state index contributed by atoms with van der Waals surface area (Å²) in [5, 5.41) is 3.44. The van der Waals surface area contributed by atoms with E-state index in [4.69, 9.17) is 0 Å². The Hall–Kier alpha value is -1.09. The minimum Gasteiger partial charge on any atom is -0.329 e. The molecule has 1 heterocycles. The van der Waals surface area contributed by atoms with Crippen LogP contribution in [0.2, 0.25) is 0 Å². The Kier molecular flexibility index (Phi) is 2.19. The zero-order valence-electron chi connectivity index (χ0n) is 7.71. The molecule has 1 unspecified atom stereocenters. The van der Waals surface area contributed by atoms with Crippen LogP contribution in [-0.2, 0) is 0 Å². The number of nitrogens with one attached hydrogen (secondary N) is 2. The summed E-state index contributed by atoms with van der Waals surface area (Å²) in [6.45, 7) is 2.09. The Labute approximate surface area is 77.2 Å². The molecule has 1 aliphatic rings. The van der Waals surface area contributed by atoms with Crippen LogP contribution < -0.4 is 10.9 Å². The first-order valence-corrected chi connectivity index (χ1v) is 4.70. The highest BCUT2D eigenvalue weighted by Crippen LogP contribution is 2.23. The summed E-state index contributed by atoms with van der Waals surface area (Å²) in [7, 11) is 0. The molecule has 1 aliphatic carbocycles. The first-order chi connectivity index (χ1) is 6.25. The van der Waals surface area contributed by atoms with Crippen LogP contribution in [-0.4, -0.2) is 11.0 Å². The van der Waals surface area contributed by atoms with Crippen LogP contribution in [0.4, 0.5) is 0 Å². The van der Waals surface area contributed by atoms with Crippen LogP contribution in [0, 0.1) is 0 Å². The van der Waals surface area contributed by atoms with Crippen molar-refractivity contribution in [3.63, 3.8) is 0 Å². The molecule has 1 saturated carbocycles. The normalized spacial score (nSPS) is 18.5. The summed E-state index contributed by atoms with van der Waals surface area (Å²) in [6, 6.07) is 4.56. The fraction of sp³-hybridized carbons (Fsp3) is 0.500. The predicted octanol–water partition coefficient (Wildman–Crippen LogP) is 1.19. The molecule has 1 atom stereocenters. The van der Waals surface area contributed by atoms with E-state index in [9.17, 15) is 4.79 Å². The van der Waals surface area contributed by atoms with Crippen LogP contribution in [0.5, 0.6) is 0 Å². The van der Waals surface area contributed by atoms with Crippen molar-refractivity contribution in [2.24, 2.45) is 0 Å². The van der Waals surface area contributed by atoms with E-state index in [0.717, 1.165) is 5.56 Å². The second-order valence-corrected chi connectivity index (χ2v) is 3.65. The summed E-state index contributed by atoms with van der Waals surface area (Å²) >= 11 is 0. The van der Waals surface area contributed by atoms with Gasteiger partial charge in [0.05, 0.1) is 0 Å². The summed E-state index contributed by atoms with van der Waals surface area (Å²) in [6.07, 6.45) is 4.24. The molecule has 2 rings (SSSR count). The van der Waals surface area contributed by atoms with Crippen molar-refractivity contribution in [3.8, 4) is 0 Å². The average molecular weight is 178 g/mol. The van der Waals surface area contributed by atoms with Crippen LogP contribution >= 0.6 is 0 Å². The molecule has 0 aliphatic heterocycles. The highest BCUT2D eigenvalue weighted by atomic mass is 16.1. The average Bonchev–Trinajstić information content (AvgIpc) is 2.88. The lowest BCUT2D eigenvalue weighted by atomic mass is 10.1. The second-order valence-electron chi connectivity index (χ2n) is 3.65. The van der Waals surface area contributed by atoms with E-state index in [1.807, 2.05) is 6.07 Å². The Morgan fingerprint density at radius 1 is 1.62 bits per heavy atom. The molecule has 0 bridgehead atoms. The van der Waals surface area contributed by atoms with Crippen molar-refractivity contribution in [2.45, 2.75) is 31.8 Å². The van der Waals surface area contributed by atoms with Gasteiger partial charge in [-0.3, -0.25) is 4.79 Å². The number of H-pyrrole nitrogens is 1. The van der Waals surface area contributed by atoms with Gasteiger partial charge < -0.3 is 10.3 Å². The van der Waals surface area contributed by atoms with Crippen LogP contribution in [0.3, 0.4) is 0 Å². The maximum absolute atomic E-state index is 11.0. The van der Waals surface area contributed by atoms with Crippen molar-refractivity contribution in [1.82, 2.24) is 10.3 Å². The molecule has 2 N–H and O–H groups in total. The van der Waals surface area contributed by atoms with Gasteiger partial charge in [-0.2, -0.15) is 0 Å². The third-order valence-corrected chi connectivity index (χ3v) is 2.36. The van der Waals surface area contributed by atoms with E-state index in [1.54, 1.807) is 12.3 Å². The van der Waals surface area contributed by atoms with Crippen LogP contribution in [0.25, 0.3) is 0 Å². The standard InChI is InChI=1S/C10H14N2O/c1-7(12-9-2-3-9)8-4-5-11-10(13)6-8/h4-7,9,12H,2-3H2,1H3,(H,11,13). The van der Waals surface area contributed by atoms with E-state index in [0.29, 0.717) is 6.04 Å². The van der Waals surface area contributed by atoms with Gasteiger partial charge >= 0.3 is 0 Å². The first-order valence-electron chi connectivity index (χ1n) is 4.70. The minimum atomic E-state index is -0.0260. The second kappa shape index (κ2) is 3.34. The minimum absolute atomic E-state index is 0.0260. The number of hydrogen-bond acceptors (Lipinski definition) is 2. The monoisotopic (exact) mass is 178 g/mol. The zero-order valence-corrected chi connectivity index (χ0v) is 7.71. The summed E-state index contributed by atoms with van der Waals surface area (Å²) in [5.74, 6) is 0. The van der Waals surface area contributed by atoms with Crippen molar-refractivity contribution < 1.29 is 0 Å². The van der Waals surface area contributed by atoms with E-state index in [2.05, 4.69) is 17.2 Å². The van der Waals surface area contributed by atoms with Crippen LogP contribution in [0.1, 0.15) is 31.4 Å². The quantitative estimate of drug-likeness (QED) is 0.730. The molecule has 1 aromatic heterocycles. The third-order valence-electron chi connectivity index (χ3n) is 2.36. The fourth-order valence-corrected chi connectivity index (χ4v) is 1.43. The summed E-state index contributed by atoms with van der Waals surface area (Å²) in [5.41, 5.74) is 1.04. The molecule has 0 radical (unpaired) electrons. The third kappa shape index (κ3) is 2.18. The van der Waals surface area contributed by atoms with Crippen molar-refractivity contribution in [1.29, 1.82) is 0 Å². The summed E-state index contributed by atoms with van der Waals surface area (Å²) < 4.78 is 0. The van der Waals surface area contributed by atoms with Crippen LogP contribution in [0.15, 0.2) is 23.1 Å². The number of aromatic amines is 1. The van der Waals surface area contributed by atoms with E-state index >= 15 is 0 Å². The predicted molar refractivity (Wildman–Crippen MR) is 51.6 cm³/mol. The molecule has 1 aromatic rings. The molecular formula is C10H14N2O. The molecule has 13 heavy (non-hydrogen) atoms. The van der Waals surface area contributed by atoms with Gasteiger partial charge in [-0.25, -0.2) is 0 Å². The van der Waals surface area contributed by atoms with Crippen molar-refractivity contribution >= 4 is 0 Å². The molecule has 0 amide bonds. The lowest BCUT2D eigenvalue weighted by molar-refractivity contribution is 0.570. The largest absolute Gasteiger partial charge is 0.329 e. The van der Waals surface area contributed by atoms with Gasteiger partial charge in [0.2, 0.25) is 5.56 Å². The first kappa shape index (κ1) is 8.51. The van der Waals surface area contributed by atoms with E-state index < -0.39 is 0 Å². The Morgan fingerprint density at radius 3 is 3.00 bits per heavy atom. The van der Waals surface area contributed by atoms with Gasteiger partial charge in [0.1, 0.15) is 0 Å². The Bertz CT molecular complexity index is 341. The number of hydrogen-bond donors (Lipinski definition) is 2. The smallest absolute Gasteiger partial charge is 0.248 e. The summed E-state index contributed by atoms with van der Waals surface area (Å²) in [4.78, 5) is 13.6. The van der Waals surface area contributed by atoms with Gasteiger partial charge in [0.25, 0.3) is 0 Å².